The molecule has 1 aromatic carbocycles. The zero-order chi connectivity index (χ0) is 26.9. The topological polar surface area (TPSA) is 91.1 Å². The van der Waals surface area contributed by atoms with Gasteiger partial charge in [-0.05, 0) is 41.8 Å². The lowest BCUT2D eigenvalue weighted by molar-refractivity contribution is -0.274. The number of benzene rings is 1. The molecule has 0 spiro atoms. The van der Waals surface area contributed by atoms with Crippen molar-refractivity contribution in [1.82, 2.24) is 24.3 Å². The molecule has 0 unspecified atom stereocenters. The number of aromatic nitrogens is 2. The highest BCUT2D eigenvalue weighted by atomic mass is 35.5. The smallest absolute Gasteiger partial charge is 0.480 e. The number of carboxylic acids is 1. The Kier molecular flexibility index (Phi) is 10.3. The van der Waals surface area contributed by atoms with Gasteiger partial charge in [0.05, 0.1) is 19.6 Å². The van der Waals surface area contributed by atoms with E-state index in [0.717, 1.165) is 22.3 Å². The molecule has 5 rings (SSSR count). The number of hydrogen-bond acceptors (Lipinski definition) is 6. The summed E-state index contributed by atoms with van der Waals surface area (Å²) < 4.78 is 44.3. The number of fused-ring (bicyclic) bond motifs is 3. The van der Waals surface area contributed by atoms with Crippen LogP contribution in [0.25, 0.3) is 11.0 Å². The Morgan fingerprint density at radius 2 is 1.68 bits per heavy atom. The van der Waals surface area contributed by atoms with Crippen molar-refractivity contribution in [2.75, 3.05) is 45.8 Å². The highest BCUT2D eigenvalue weighted by molar-refractivity contribution is 5.86. The summed E-state index contributed by atoms with van der Waals surface area (Å²) in [5.74, 6) is -1.15. The van der Waals surface area contributed by atoms with Gasteiger partial charge in [-0.3, -0.25) is 19.4 Å². The van der Waals surface area contributed by atoms with Gasteiger partial charge in [-0.15, -0.1) is 38.0 Å². The maximum atomic E-state index is 13.2. The number of hydrogen-bond donors (Lipinski definition) is 1. The number of halogens is 5. The Hall–Kier alpha value is -3.06. The zero-order valence-corrected chi connectivity index (χ0v) is 23.1. The number of ether oxygens (including phenoxy) is 1. The average Bonchev–Trinajstić information content (AvgIpc) is 3.17. The van der Waals surface area contributed by atoms with Crippen molar-refractivity contribution >= 4 is 47.7 Å². The lowest BCUT2D eigenvalue weighted by atomic mass is 10.0. The number of carboxylic acid groups (broad SMARTS) is 1. The first-order valence-corrected chi connectivity index (χ1v) is 12.4. The van der Waals surface area contributed by atoms with E-state index in [4.69, 9.17) is 5.11 Å². The molecular weight excluding hydrogens is 574 g/mol. The molecule has 1 fully saturated rings. The van der Waals surface area contributed by atoms with E-state index >= 15 is 0 Å². The van der Waals surface area contributed by atoms with Crippen LogP contribution in [0.3, 0.4) is 0 Å². The minimum Gasteiger partial charge on any atom is -0.480 e. The molecule has 1 saturated heterocycles. The van der Waals surface area contributed by atoms with Crippen LogP contribution in [0.4, 0.5) is 13.2 Å². The molecule has 4 heterocycles. The molecule has 0 radical (unpaired) electrons. The van der Waals surface area contributed by atoms with Crippen LogP contribution in [-0.4, -0.2) is 93.4 Å². The third kappa shape index (κ3) is 7.36. The van der Waals surface area contributed by atoms with Gasteiger partial charge in [-0.1, -0.05) is 12.1 Å². The number of pyridine rings is 1. The van der Waals surface area contributed by atoms with Crippen molar-refractivity contribution in [2.24, 2.45) is 0 Å². The van der Waals surface area contributed by atoms with Crippen LogP contribution < -0.4 is 4.74 Å². The number of piperazine rings is 1. The van der Waals surface area contributed by atoms with Crippen molar-refractivity contribution in [3.63, 3.8) is 0 Å². The first kappa shape index (κ1) is 31.5. The molecule has 0 atom stereocenters. The van der Waals surface area contributed by atoms with Gasteiger partial charge in [0.25, 0.3) is 0 Å². The van der Waals surface area contributed by atoms with Gasteiger partial charge in [0.2, 0.25) is 5.91 Å². The molecular formula is C26H30Cl2F3N5O4. The average molecular weight is 604 g/mol. The fraction of sp³-hybridized carbons (Fsp3) is 0.423. The molecule has 0 aliphatic carbocycles. The van der Waals surface area contributed by atoms with Gasteiger partial charge in [-0.25, -0.2) is 4.98 Å². The van der Waals surface area contributed by atoms with Gasteiger partial charge >= 0.3 is 12.3 Å². The highest BCUT2D eigenvalue weighted by Crippen LogP contribution is 2.31. The van der Waals surface area contributed by atoms with Gasteiger partial charge in [0, 0.05) is 56.5 Å². The molecule has 1 N–H and O–H groups in total. The predicted molar refractivity (Wildman–Crippen MR) is 146 cm³/mol. The Labute approximate surface area is 241 Å². The van der Waals surface area contributed by atoms with E-state index in [0.29, 0.717) is 51.3 Å². The van der Waals surface area contributed by atoms with Gasteiger partial charge < -0.3 is 19.3 Å². The van der Waals surface area contributed by atoms with Gasteiger partial charge in [0.1, 0.15) is 11.4 Å². The van der Waals surface area contributed by atoms with Crippen molar-refractivity contribution < 1.29 is 32.6 Å². The number of rotatable bonds is 7. The third-order valence-electron chi connectivity index (χ3n) is 7.02. The summed E-state index contributed by atoms with van der Waals surface area (Å²) >= 11 is 0. The van der Waals surface area contributed by atoms with Crippen LogP contribution in [0.1, 0.15) is 16.8 Å². The Morgan fingerprint density at radius 3 is 2.35 bits per heavy atom. The van der Waals surface area contributed by atoms with Crippen LogP contribution in [-0.2, 0) is 29.1 Å². The molecule has 1 amide bonds. The van der Waals surface area contributed by atoms with Crippen molar-refractivity contribution in [3.05, 3.63) is 59.4 Å². The van der Waals surface area contributed by atoms with E-state index in [2.05, 4.69) is 9.72 Å². The fourth-order valence-electron chi connectivity index (χ4n) is 5.25. The number of alkyl halides is 3. The van der Waals surface area contributed by atoms with Crippen LogP contribution in [0.5, 0.6) is 5.75 Å². The summed E-state index contributed by atoms with van der Waals surface area (Å²) in [4.78, 5) is 34.4. The first-order chi connectivity index (χ1) is 18.2. The zero-order valence-electron chi connectivity index (χ0n) is 21.5. The molecule has 3 aromatic rings. The van der Waals surface area contributed by atoms with E-state index in [1.807, 2.05) is 31.4 Å². The van der Waals surface area contributed by atoms with Crippen molar-refractivity contribution in [1.29, 1.82) is 0 Å². The van der Waals surface area contributed by atoms with Crippen molar-refractivity contribution in [3.8, 4) is 5.75 Å². The summed E-state index contributed by atoms with van der Waals surface area (Å²) in [7, 11) is 0. The maximum absolute atomic E-state index is 13.2. The summed E-state index contributed by atoms with van der Waals surface area (Å²) in [6.45, 7) is 3.92. The quantitative estimate of drug-likeness (QED) is 0.442. The van der Waals surface area contributed by atoms with Crippen LogP contribution in [0.2, 0.25) is 0 Å². The Balaban J connectivity index is 0.00000220. The van der Waals surface area contributed by atoms with E-state index in [1.54, 1.807) is 12.3 Å². The molecule has 0 bridgehead atoms. The molecule has 40 heavy (non-hydrogen) atoms. The van der Waals surface area contributed by atoms with Crippen LogP contribution in [0.15, 0.2) is 42.6 Å². The minimum atomic E-state index is -4.77. The SMILES string of the molecule is Cl.Cl.O=C(O)CN1CCN(CC(=O)N2CCc3c(n(Cc4cccc(OC(F)(F)F)c4)c4ncccc34)C2)CC1. The molecule has 2 aliphatic rings. The summed E-state index contributed by atoms with van der Waals surface area (Å²) in [6.07, 6.45) is -2.44. The number of carbonyl (C=O) groups excluding carboxylic acids is 1. The number of aliphatic carboxylic acids is 1. The normalized spacial score (nSPS) is 16.1. The van der Waals surface area contributed by atoms with Crippen molar-refractivity contribution in [2.45, 2.75) is 25.9 Å². The van der Waals surface area contributed by atoms with E-state index < -0.39 is 12.3 Å². The number of amides is 1. The van der Waals surface area contributed by atoms with E-state index in [-0.39, 0.29) is 56.1 Å². The van der Waals surface area contributed by atoms with Crippen LogP contribution in [0, 0.1) is 0 Å². The predicted octanol–water partition coefficient (Wildman–Crippen LogP) is 3.41. The molecule has 0 saturated carbocycles. The molecule has 218 valence electrons. The summed E-state index contributed by atoms with van der Waals surface area (Å²) in [5.41, 5.74) is 3.37. The minimum absolute atomic E-state index is 0. The summed E-state index contributed by atoms with van der Waals surface area (Å²) in [6, 6.07) is 9.72. The van der Waals surface area contributed by atoms with Gasteiger partial charge in [0.15, 0.2) is 0 Å². The lowest BCUT2D eigenvalue weighted by Crippen LogP contribution is -2.51. The fourth-order valence-corrected chi connectivity index (χ4v) is 5.25. The largest absolute Gasteiger partial charge is 0.573 e. The molecule has 2 aromatic heterocycles. The molecule has 9 nitrogen and oxygen atoms in total. The van der Waals surface area contributed by atoms with E-state index in [1.165, 1.54) is 18.2 Å². The maximum Gasteiger partial charge on any atom is 0.573 e. The van der Waals surface area contributed by atoms with Gasteiger partial charge in [-0.2, -0.15) is 0 Å². The summed E-state index contributed by atoms with van der Waals surface area (Å²) in [5, 5.41) is 9.96. The highest BCUT2D eigenvalue weighted by Gasteiger charge is 2.32. The number of nitrogens with zero attached hydrogens (tertiary/aromatic N) is 5. The number of carbonyl (C=O) groups is 2. The Bertz CT molecular complexity index is 1350. The monoisotopic (exact) mass is 603 g/mol. The third-order valence-corrected chi connectivity index (χ3v) is 7.02. The molecule has 14 heteroatoms. The standard InChI is InChI=1S/C26H28F3N5O4.2ClH/c27-26(28,29)38-19-4-1-3-18(13-19)14-34-22-15-33(8-6-20(22)21-5-2-7-30-25(21)34)23(35)16-31-9-11-32(12-10-31)17-24(36)37;;/h1-5,7,13H,6,8-12,14-17H2,(H,36,37);2*1H. The second-order valence-corrected chi connectivity index (χ2v) is 9.59. The first-order valence-electron chi connectivity index (χ1n) is 12.4. The van der Waals surface area contributed by atoms with E-state index in [9.17, 15) is 22.8 Å². The second-order valence-electron chi connectivity index (χ2n) is 9.59. The molecule has 2 aliphatic heterocycles. The van der Waals surface area contributed by atoms with Crippen LogP contribution >= 0.6 is 24.8 Å². The lowest BCUT2D eigenvalue weighted by Gasteiger charge is -2.35. The second kappa shape index (κ2) is 13.1. The Morgan fingerprint density at radius 1 is 0.975 bits per heavy atom.